The minimum atomic E-state index is 0.356. The predicted octanol–water partition coefficient (Wildman–Crippen LogP) is 2.35. The van der Waals surface area contributed by atoms with Gasteiger partial charge in [0.1, 0.15) is 0 Å². The molecule has 1 saturated heterocycles. The van der Waals surface area contributed by atoms with E-state index in [0.29, 0.717) is 18.2 Å². The summed E-state index contributed by atoms with van der Waals surface area (Å²) in [5.74, 6) is 0.856. The molecule has 0 aromatic rings. The van der Waals surface area contributed by atoms with Gasteiger partial charge in [0.25, 0.3) is 0 Å². The maximum Gasteiger partial charge on any atom is 0.0809 e. The Kier molecular flexibility index (Phi) is 5.26. The average Bonchev–Trinajstić information content (AvgIpc) is 2.89. The Labute approximate surface area is 105 Å². The first-order valence-corrected chi connectivity index (χ1v) is 7.24. The molecule has 2 aliphatic rings. The second-order valence-corrected chi connectivity index (χ2v) is 5.49. The molecule has 1 N–H and O–H groups in total. The number of rotatable bonds is 5. The van der Waals surface area contributed by atoms with Gasteiger partial charge in [0.15, 0.2) is 0 Å². The van der Waals surface area contributed by atoms with Crippen molar-refractivity contribution in [3.63, 3.8) is 0 Å². The lowest BCUT2D eigenvalue weighted by Crippen LogP contribution is -2.44. The van der Waals surface area contributed by atoms with Gasteiger partial charge in [0, 0.05) is 12.6 Å². The molecule has 100 valence electrons. The third kappa shape index (κ3) is 3.67. The zero-order chi connectivity index (χ0) is 12.1. The van der Waals surface area contributed by atoms with Gasteiger partial charge < -0.3 is 14.8 Å². The summed E-state index contributed by atoms with van der Waals surface area (Å²) in [5.41, 5.74) is 0. The highest BCUT2D eigenvalue weighted by molar-refractivity contribution is 4.85. The van der Waals surface area contributed by atoms with Crippen molar-refractivity contribution in [3.05, 3.63) is 0 Å². The number of nitrogens with one attached hydrogen (secondary N) is 1. The Morgan fingerprint density at radius 3 is 2.82 bits per heavy atom. The molecule has 0 aromatic carbocycles. The average molecular weight is 241 g/mol. The molecule has 1 aliphatic carbocycles. The molecule has 1 aliphatic heterocycles. The second-order valence-electron chi connectivity index (χ2n) is 5.49. The third-order valence-electron chi connectivity index (χ3n) is 4.37. The molecule has 4 unspecified atom stereocenters. The van der Waals surface area contributed by atoms with Crippen LogP contribution in [0.3, 0.4) is 0 Å². The lowest BCUT2D eigenvalue weighted by atomic mass is 9.82. The van der Waals surface area contributed by atoms with Crippen molar-refractivity contribution in [3.8, 4) is 0 Å². The number of hydrogen-bond acceptors (Lipinski definition) is 3. The molecule has 1 heterocycles. The molecule has 0 aromatic heterocycles. The summed E-state index contributed by atoms with van der Waals surface area (Å²) in [5, 5.41) is 3.41. The topological polar surface area (TPSA) is 30.5 Å². The van der Waals surface area contributed by atoms with Crippen molar-refractivity contribution in [1.82, 2.24) is 5.32 Å². The van der Waals surface area contributed by atoms with Crippen LogP contribution in [-0.2, 0) is 9.47 Å². The summed E-state index contributed by atoms with van der Waals surface area (Å²) in [6, 6.07) is 0.541. The van der Waals surface area contributed by atoms with E-state index in [1.807, 2.05) is 0 Å². The molecule has 3 nitrogen and oxygen atoms in total. The summed E-state index contributed by atoms with van der Waals surface area (Å²) in [6.07, 6.45) is 8.23. The van der Waals surface area contributed by atoms with Crippen molar-refractivity contribution >= 4 is 0 Å². The molecule has 0 spiro atoms. The quantitative estimate of drug-likeness (QED) is 0.801. The van der Waals surface area contributed by atoms with Crippen LogP contribution in [0.25, 0.3) is 0 Å². The largest absolute Gasteiger partial charge is 0.376 e. The first kappa shape index (κ1) is 13.3. The van der Waals surface area contributed by atoms with Gasteiger partial charge in [-0.05, 0) is 45.1 Å². The van der Waals surface area contributed by atoms with Crippen LogP contribution >= 0.6 is 0 Å². The van der Waals surface area contributed by atoms with E-state index in [-0.39, 0.29) is 0 Å². The third-order valence-corrected chi connectivity index (χ3v) is 4.37. The Balaban J connectivity index is 1.77. The molecule has 0 bridgehead atoms. The lowest BCUT2D eigenvalue weighted by Gasteiger charge is -2.36. The molecule has 0 radical (unpaired) electrons. The summed E-state index contributed by atoms with van der Waals surface area (Å²) in [7, 11) is 2.05. The molecule has 3 heteroatoms. The van der Waals surface area contributed by atoms with Crippen molar-refractivity contribution in [2.24, 2.45) is 5.92 Å². The maximum absolute atomic E-state index is 6.11. The highest BCUT2D eigenvalue weighted by Gasteiger charge is 2.30. The van der Waals surface area contributed by atoms with E-state index < -0.39 is 0 Å². The summed E-state index contributed by atoms with van der Waals surface area (Å²) in [4.78, 5) is 0. The maximum atomic E-state index is 6.11. The fraction of sp³-hybridized carbons (Fsp3) is 1.00. The van der Waals surface area contributed by atoms with Gasteiger partial charge in [-0.15, -0.1) is 0 Å². The fourth-order valence-corrected chi connectivity index (χ4v) is 3.10. The normalized spacial score (nSPS) is 38.5. The van der Waals surface area contributed by atoms with E-state index in [2.05, 4.69) is 19.3 Å². The number of likely N-dealkylation sites (N-methyl/N-ethyl adjacent to an activating group) is 1. The monoisotopic (exact) mass is 241 g/mol. The molecule has 1 saturated carbocycles. The zero-order valence-electron chi connectivity index (χ0n) is 11.3. The standard InChI is InChI=1S/C14H27NO2/c1-3-11-6-7-13(15-2)14(9-11)17-10-12-5-4-8-16-12/h11-15H,3-10H2,1-2H3. The minimum Gasteiger partial charge on any atom is -0.376 e. The van der Waals surface area contributed by atoms with E-state index in [1.54, 1.807) is 0 Å². The van der Waals surface area contributed by atoms with Gasteiger partial charge >= 0.3 is 0 Å². The molecular formula is C14H27NO2. The van der Waals surface area contributed by atoms with Crippen molar-refractivity contribution < 1.29 is 9.47 Å². The van der Waals surface area contributed by atoms with E-state index in [4.69, 9.17) is 9.47 Å². The van der Waals surface area contributed by atoms with Crippen LogP contribution in [0.4, 0.5) is 0 Å². The molecular weight excluding hydrogens is 214 g/mol. The van der Waals surface area contributed by atoms with Gasteiger partial charge in [0.05, 0.1) is 18.8 Å². The van der Waals surface area contributed by atoms with Crippen molar-refractivity contribution in [2.45, 2.75) is 63.7 Å². The Hall–Kier alpha value is -0.120. The molecule has 2 rings (SSSR count). The second kappa shape index (κ2) is 6.72. The van der Waals surface area contributed by atoms with E-state index in [9.17, 15) is 0 Å². The molecule has 2 fully saturated rings. The Morgan fingerprint density at radius 1 is 1.29 bits per heavy atom. The number of hydrogen-bond donors (Lipinski definition) is 1. The first-order chi connectivity index (χ1) is 8.33. The van der Waals surface area contributed by atoms with Gasteiger partial charge in [-0.3, -0.25) is 0 Å². The van der Waals surface area contributed by atoms with Crippen molar-refractivity contribution in [2.75, 3.05) is 20.3 Å². The number of ether oxygens (including phenoxy) is 2. The van der Waals surface area contributed by atoms with Crippen LogP contribution in [0.2, 0.25) is 0 Å². The van der Waals surface area contributed by atoms with Gasteiger partial charge in [-0.2, -0.15) is 0 Å². The Morgan fingerprint density at radius 2 is 2.18 bits per heavy atom. The SMILES string of the molecule is CCC1CCC(NC)C(OCC2CCCO2)C1. The summed E-state index contributed by atoms with van der Waals surface area (Å²) >= 11 is 0. The Bertz CT molecular complexity index is 216. The minimum absolute atomic E-state index is 0.356. The van der Waals surface area contributed by atoms with Gasteiger partial charge in [-0.25, -0.2) is 0 Å². The van der Waals surface area contributed by atoms with Crippen molar-refractivity contribution in [1.29, 1.82) is 0 Å². The van der Waals surface area contributed by atoms with Gasteiger partial charge in [0.2, 0.25) is 0 Å². The van der Waals surface area contributed by atoms with E-state index >= 15 is 0 Å². The summed E-state index contributed by atoms with van der Waals surface area (Å²) in [6.45, 7) is 4.01. The van der Waals surface area contributed by atoms with Crippen LogP contribution in [0.15, 0.2) is 0 Å². The predicted molar refractivity (Wildman–Crippen MR) is 69.2 cm³/mol. The summed E-state index contributed by atoms with van der Waals surface area (Å²) < 4.78 is 11.7. The zero-order valence-corrected chi connectivity index (χ0v) is 11.3. The van der Waals surface area contributed by atoms with Crippen LogP contribution in [-0.4, -0.2) is 38.5 Å². The van der Waals surface area contributed by atoms with Crippen LogP contribution in [0, 0.1) is 5.92 Å². The highest BCUT2D eigenvalue weighted by atomic mass is 16.5. The van der Waals surface area contributed by atoms with Crippen LogP contribution in [0.5, 0.6) is 0 Å². The van der Waals surface area contributed by atoms with Gasteiger partial charge in [-0.1, -0.05) is 13.3 Å². The molecule has 17 heavy (non-hydrogen) atoms. The molecule has 0 amide bonds. The molecule has 4 atom stereocenters. The smallest absolute Gasteiger partial charge is 0.0809 e. The lowest BCUT2D eigenvalue weighted by molar-refractivity contribution is -0.0531. The van der Waals surface area contributed by atoms with Crippen LogP contribution in [0.1, 0.15) is 45.4 Å². The van der Waals surface area contributed by atoms with E-state index in [1.165, 1.54) is 38.5 Å². The highest BCUT2D eigenvalue weighted by Crippen LogP contribution is 2.29. The van der Waals surface area contributed by atoms with Crippen LogP contribution < -0.4 is 5.32 Å². The first-order valence-electron chi connectivity index (χ1n) is 7.24. The fourth-order valence-electron chi connectivity index (χ4n) is 3.10. The van der Waals surface area contributed by atoms with E-state index in [0.717, 1.165) is 19.1 Å².